The second-order valence-corrected chi connectivity index (χ2v) is 7.58. The van der Waals surface area contributed by atoms with Crippen molar-refractivity contribution in [2.75, 3.05) is 5.32 Å². The lowest BCUT2D eigenvalue weighted by Crippen LogP contribution is -2.18. The van der Waals surface area contributed by atoms with Crippen molar-refractivity contribution in [3.8, 4) is 22.6 Å². The topological polar surface area (TPSA) is 115 Å². The number of amides is 1. The fourth-order valence-electron chi connectivity index (χ4n) is 4.18. The molecule has 1 atom stereocenters. The average Bonchev–Trinajstić information content (AvgIpc) is 3.01. The van der Waals surface area contributed by atoms with Crippen LogP contribution < -0.4 is 15.8 Å². The molecule has 4 N–H and O–H groups in total. The smallest absolute Gasteiger partial charge is 0.504 e. The number of anilines is 1. The maximum absolute atomic E-state index is 12.9. The monoisotopic (exact) mass is 455 g/mol. The number of aromatic nitrogens is 3. The van der Waals surface area contributed by atoms with Gasteiger partial charge in [-0.05, 0) is 23.8 Å². The van der Waals surface area contributed by atoms with Gasteiger partial charge in [0.2, 0.25) is 0 Å². The fraction of sp³-hybridized carbons (Fsp3) is 0.136. The van der Waals surface area contributed by atoms with Crippen molar-refractivity contribution >= 4 is 22.6 Å². The van der Waals surface area contributed by atoms with Crippen LogP contribution in [0.3, 0.4) is 0 Å². The number of carbonyl (C=O) groups excluding carboxylic acids is 1. The van der Waals surface area contributed by atoms with Gasteiger partial charge in [-0.2, -0.15) is 0 Å². The van der Waals surface area contributed by atoms with Gasteiger partial charge in [0, 0.05) is 41.0 Å². The van der Waals surface area contributed by atoms with Gasteiger partial charge in [0.15, 0.2) is 22.8 Å². The zero-order valence-corrected chi connectivity index (χ0v) is 17.0. The standard InChI is InChI=1S/C22H16F3N5O3/c1-30-9-12-17-16(19(20(26)32)28-29-21(17)30)11-4-2-3-5-13(11)27-18(12)10-6-7-14(31)15(8-10)33-22(23,24)25/h2-9,18,27,31H,1H3,(H2,26,32). The first-order valence-corrected chi connectivity index (χ1v) is 9.74. The van der Waals surface area contributed by atoms with Crippen LogP contribution in [0.5, 0.6) is 11.5 Å². The molecule has 1 aliphatic heterocycles. The maximum atomic E-state index is 12.9. The highest BCUT2D eigenvalue weighted by Gasteiger charge is 2.34. The summed E-state index contributed by atoms with van der Waals surface area (Å²) in [6.07, 6.45) is -3.22. The lowest BCUT2D eigenvalue weighted by atomic mass is 9.95. The summed E-state index contributed by atoms with van der Waals surface area (Å²) in [5.74, 6) is -2.13. The summed E-state index contributed by atoms with van der Waals surface area (Å²) < 4.78 is 44.3. The maximum Gasteiger partial charge on any atom is 0.573 e. The molecular formula is C22H16F3N5O3. The zero-order chi connectivity index (χ0) is 23.5. The van der Waals surface area contributed by atoms with E-state index < -0.39 is 29.8 Å². The van der Waals surface area contributed by atoms with Gasteiger partial charge in [0.1, 0.15) is 0 Å². The second-order valence-electron chi connectivity index (χ2n) is 7.58. The summed E-state index contributed by atoms with van der Waals surface area (Å²) in [4.78, 5) is 12.2. The van der Waals surface area contributed by atoms with E-state index in [9.17, 15) is 23.1 Å². The molecule has 2 aromatic carbocycles. The summed E-state index contributed by atoms with van der Waals surface area (Å²) in [6, 6.07) is 10.2. The number of ether oxygens (including phenoxy) is 1. The molecule has 4 aromatic rings. The van der Waals surface area contributed by atoms with Crippen LogP contribution in [0.25, 0.3) is 22.2 Å². The molecule has 1 amide bonds. The van der Waals surface area contributed by atoms with Crippen LogP contribution in [0.15, 0.2) is 48.7 Å². The summed E-state index contributed by atoms with van der Waals surface area (Å²) >= 11 is 0. The first kappa shape index (κ1) is 20.6. The van der Waals surface area contributed by atoms with E-state index in [4.69, 9.17) is 5.73 Å². The molecule has 0 radical (unpaired) electrons. The van der Waals surface area contributed by atoms with E-state index in [1.807, 2.05) is 0 Å². The van der Waals surface area contributed by atoms with Gasteiger partial charge in [-0.3, -0.25) is 4.79 Å². The quantitative estimate of drug-likeness (QED) is 0.432. The van der Waals surface area contributed by atoms with Crippen molar-refractivity contribution in [2.45, 2.75) is 12.4 Å². The third-order valence-electron chi connectivity index (χ3n) is 5.49. The molecule has 168 valence electrons. The number of nitrogens with one attached hydrogen (secondary N) is 1. The van der Waals surface area contributed by atoms with Crippen LogP contribution in [0.1, 0.15) is 27.7 Å². The normalized spacial score (nSPS) is 15.0. The number of nitrogens with zero attached hydrogens (tertiary/aromatic N) is 3. The number of halogens is 3. The second kappa shape index (κ2) is 7.12. The first-order valence-electron chi connectivity index (χ1n) is 9.74. The summed E-state index contributed by atoms with van der Waals surface area (Å²) in [6.45, 7) is 0. The molecule has 0 spiro atoms. The number of fused-ring (bicyclic) bond motifs is 2. The third kappa shape index (κ3) is 3.37. The zero-order valence-electron chi connectivity index (χ0n) is 17.0. The molecular weight excluding hydrogens is 439 g/mol. The van der Waals surface area contributed by atoms with E-state index in [1.165, 1.54) is 6.07 Å². The Morgan fingerprint density at radius 1 is 1.21 bits per heavy atom. The first-order chi connectivity index (χ1) is 15.6. The van der Waals surface area contributed by atoms with Crippen LogP contribution in [0.2, 0.25) is 0 Å². The van der Waals surface area contributed by atoms with Gasteiger partial charge < -0.3 is 25.5 Å². The molecule has 1 unspecified atom stereocenters. The average molecular weight is 455 g/mol. The van der Waals surface area contributed by atoms with Crippen LogP contribution in [-0.2, 0) is 7.05 Å². The Kier molecular flexibility index (Phi) is 4.45. The highest BCUT2D eigenvalue weighted by atomic mass is 19.4. The van der Waals surface area contributed by atoms with Crippen molar-refractivity contribution in [3.05, 3.63) is 65.5 Å². The van der Waals surface area contributed by atoms with Crippen molar-refractivity contribution in [1.29, 1.82) is 0 Å². The lowest BCUT2D eigenvalue weighted by Gasteiger charge is -2.21. The number of carbonyl (C=O) groups is 1. The Bertz CT molecular complexity index is 1430. The Morgan fingerprint density at radius 2 is 1.97 bits per heavy atom. The molecule has 0 aliphatic carbocycles. The molecule has 0 saturated heterocycles. The number of benzene rings is 2. The minimum Gasteiger partial charge on any atom is -0.504 e. The number of nitrogens with two attached hydrogens (primary N) is 1. The van der Waals surface area contributed by atoms with E-state index in [1.54, 1.807) is 42.1 Å². The highest BCUT2D eigenvalue weighted by molar-refractivity contribution is 6.10. The number of phenols is 1. The van der Waals surface area contributed by atoms with Gasteiger partial charge in [0.05, 0.1) is 6.04 Å². The lowest BCUT2D eigenvalue weighted by molar-refractivity contribution is -0.275. The van der Waals surface area contributed by atoms with Gasteiger partial charge in [-0.1, -0.05) is 24.3 Å². The number of aryl methyl sites for hydroxylation is 1. The summed E-state index contributed by atoms with van der Waals surface area (Å²) in [5.41, 5.74) is 8.82. The molecule has 1 aliphatic rings. The van der Waals surface area contributed by atoms with E-state index in [0.717, 1.165) is 12.1 Å². The molecule has 2 aromatic heterocycles. The van der Waals surface area contributed by atoms with Gasteiger partial charge >= 0.3 is 6.36 Å². The Labute approximate surface area is 184 Å². The molecule has 0 fully saturated rings. The third-order valence-corrected chi connectivity index (χ3v) is 5.49. The van der Waals surface area contributed by atoms with Crippen LogP contribution >= 0.6 is 0 Å². The van der Waals surface area contributed by atoms with Crippen LogP contribution in [0.4, 0.5) is 18.9 Å². The number of alkyl halides is 3. The van der Waals surface area contributed by atoms with Crippen LogP contribution in [0, 0.1) is 0 Å². The molecule has 3 heterocycles. The van der Waals surface area contributed by atoms with Crippen molar-refractivity contribution < 1.29 is 27.8 Å². The number of hydrogen-bond donors (Lipinski definition) is 3. The molecule has 8 nitrogen and oxygen atoms in total. The van der Waals surface area contributed by atoms with E-state index in [-0.39, 0.29) is 5.69 Å². The summed E-state index contributed by atoms with van der Waals surface area (Å²) in [5, 5.41) is 22.0. The molecule has 0 bridgehead atoms. The Balaban J connectivity index is 1.81. The Morgan fingerprint density at radius 3 is 2.70 bits per heavy atom. The highest BCUT2D eigenvalue weighted by Crippen LogP contribution is 2.46. The minimum absolute atomic E-state index is 0.0170. The number of hydrogen-bond acceptors (Lipinski definition) is 6. The van der Waals surface area contributed by atoms with E-state index in [0.29, 0.717) is 39.0 Å². The number of phenolic OH excluding ortho intramolecular Hbond substituents is 1. The predicted molar refractivity (Wildman–Crippen MR) is 113 cm³/mol. The SMILES string of the molecule is Cn1cc2c3c(c(C(N)=O)nnc31)-c1ccccc1NC2c1ccc(O)c(OC(F)(F)F)c1. The van der Waals surface area contributed by atoms with Crippen molar-refractivity contribution in [1.82, 2.24) is 14.8 Å². The number of aromatic hydroxyl groups is 1. The van der Waals surface area contributed by atoms with E-state index in [2.05, 4.69) is 20.3 Å². The van der Waals surface area contributed by atoms with Gasteiger partial charge in [-0.25, -0.2) is 0 Å². The van der Waals surface area contributed by atoms with Gasteiger partial charge in [-0.15, -0.1) is 23.4 Å². The number of rotatable bonds is 3. The van der Waals surface area contributed by atoms with Gasteiger partial charge in [0.25, 0.3) is 5.91 Å². The van der Waals surface area contributed by atoms with E-state index >= 15 is 0 Å². The summed E-state index contributed by atoms with van der Waals surface area (Å²) in [7, 11) is 1.74. The number of para-hydroxylation sites is 1. The number of primary amides is 1. The molecule has 5 rings (SSSR count). The van der Waals surface area contributed by atoms with Crippen molar-refractivity contribution in [2.24, 2.45) is 12.8 Å². The fourth-order valence-corrected chi connectivity index (χ4v) is 4.18. The van der Waals surface area contributed by atoms with Crippen LogP contribution in [-0.4, -0.2) is 32.1 Å². The van der Waals surface area contributed by atoms with Crippen molar-refractivity contribution in [3.63, 3.8) is 0 Å². The largest absolute Gasteiger partial charge is 0.573 e. The molecule has 0 saturated carbocycles. The molecule has 11 heteroatoms. The predicted octanol–water partition coefficient (Wildman–Crippen LogP) is 3.85. The molecule has 33 heavy (non-hydrogen) atoms. The Hall–Kier alpha value is -4.28. The minimum atomic E-state index is -4.97.